The van der Waals surface area contributed by atoms with Crippen LogP contribution in [0.5, 0.6) is 0 Å². The Morgan fingerprint density at radius 3 is 2.63 bits per heavy atom. The molecule has 2 heterocycles. The van der Waals surface area contributed by atoms with E-state index in [2.05, 4.69) is 35.4 Å². The highest BCUT2D eigenvalue weighted by Crippen LogP contribution is 2.38. The van der Waals surface area contributed by atoms with Crippen LogP contribution in [0.15, 0.2) is 42.5 Å². The first kappa shape index (κ1) is 24.2. The molecule has 0 bridgehead atoms. The van der Waals surface area contributed by atoms with E-state index in [9.17, 15) is 9.59 Å². The van der Waals surface area contributed by atoms with Gasteiger partial charge in [0.25, 0.3) is 11.8 Å². The SMILES string of the molecule is CC#N.CNC(=O)c1ccc(CN2Cc3cc(-c4n[nH]c5c4CCC(C)(C)C5)ccc3C2=O)cc1. The van der Waals surface area contributed by atoms with E-state index in [1.54, 1.807) is 25.2 Å². The van der Waals surface area contributed by atoms with E-state index in [0.29, 0.717) is 24.1 Å². The average molecular weight is 470 g/mol. The number of benzene rings is 2. The van der Waals surface area contributed by atoms with Gasteiger partial charge in [-0.25, -0.2) is 0 Å². The molecule has 2 amide bonds. The molecule has 2 aliphatic rings. The maximum atomic E-state index is 13.0. The van der Waals surface area contributed by atoms with Crippen molar-refractivity contribution >= 4 is 11.8 Å². The summed E-state index contributed by atoms with van der Waals surface area (Å²) in [4.78, 5) is 26.6. The molecule has 0 radical (unpaired) electrons. The zero-order valence-electron chi connectivity index (χ0n) is 20.7. The molecule has 0 saturated heterocycles. The quantitative estimate of drug-likeness (QED) is 0.581. The van der Waals surface area contributed by atoms with Gasteiger partial charge in [-0.3, -0.25) is 14.7 Å². The van der Waals surface area contributed by atoms with E-state index < -0.39 is 0 Å². The maximum Gasteiger partial charge on any atom is 0.254 e. The van der Waals surface area contributed by atoms with Gasteiger partial charge in [-0.1, -0.05) is 32.0 Å². The van der Waals surface area contributed by atoms with E-state index in [4.69, 9.17) is 5.26 Å². The summed E-state index contributed by atoms with van der Waals surface area (Å²) in [7, 11) is 1.62. The standard InChI is InChI=1S/C26H28N4O2.C2H3N/c1-26(2)11-10-21-22(13-26)28-29-23(21)18-8-9-20-19(12-18)15-30(25(20)32)14-16-4-6-17(7-5-16)24(31)27-3;1-2-3/h4-9,12H,10-11,13-15H2,1-3H3,(H,27,31)(H,28,29);1H3. The van der Waals surface area contributed by atoms with E-state index in [-0.39, 0.29) is 11.8 Å². The van der Waals surface area contributed by atoms with Crippen molar-refractivity contribution in [1.82, 2.24) is 20.4 Å². The summed E-state index contributed by atoms with van der Waals surface area (Å²) in [6, 6.07) is 15.2. The highest BCUT2D eigenvalue weighted by Gasteiger charge is 2.31. The highest BCUT2D eigenvalue weighted by molar-refractivity contribution is 5.99. The first-order chi connectivity index (χ1) is 16.8. The van der Waals surface area contributed by atoms with Gasteiger partial charge in [0.15, 0.2) is 0 Å². The van der Waals surface area contributed by atoms with Crippen LogP contribution in [0.25, 0.3) is 11.3 Å². The first-order valence-corrected chi connectivity index (χ1v) is 11.9. The molecule has 0 saturated carbocycles. The van der Waals surface area contributed by atoms with Gasteiger partial charge >= 0.3 is 0 Å². The lowest BCUT2D eigenvalue weighted by atomic mass is 9.76. The van der Waals surface area contributed by atoms with E-state index in [0.717, 1.165) is 47.2 Å². The molecule has 1 aliphatic heterocycles. The number of nitrogens with one attached hydrogen (secondary N) is 2. The van der Waals surface area contributed by atoms with Crippen molar-refractivity contribution in [3.05, 3.63) is 76.0 Å². The van der Waals surface area contributed by atoms with Crippen molar-refractivity contribution in [1.29, 1.82) is 5.26 Å². The summed E-state index contributed by atoms with van der Waals surface area (Å²) in [5, 5.41) is 17.8. The van der Waals surface area contributed by atoms with E-state index in [1.807, 2.05) is 29.2 Å². The highest BCUT2D eigenvalue weighted by atomic mass is 16.2. The fraction of sp³-hybridized carbons (Fsp3) is 0.357. The molecule has 7 heteroatoms. The Kier molecular flexibility index (Phi) is 6.74. The Balaban J connectivity index is 0.000000917. The van der Waals surface area contributed by atoms with Crippen LogP contribution in [0.2, 0.25) is 0 Å². The van der Waals surface area contributed by atoms with Gasteiger partial charge in [0, 0.05) is 55.0 Å². The third kappa shape index (κ3) is 4.97. The molecular formula is C28H31N5O2. The molecule has 7 nitrogen and oxygen atoms in total. The molecule has 180 valence electrons. The van der Waals surface area contributed by atoms with E-state index in [1.165, 1.54) is 18.2 Å². The normalized spacial score (nSPS) is 15.4. The second kappa shape index (κ2) is 9.75. The van der Waals surface area contributed by atoms with Crippen molar-refractivity contribution < 1.29 is 9.59 Å². The van der Waals surface area contributed by atoms with Crippen LogP contribution in [0.1, 0.15) is 70.3 Å². The molecular weight excluding hydrogens is 438 g/mol. The predicted octanol–water partition coefficient (Wildman–Crippen LogP) is 4.64. The number of H-pyrrole nitrogens is 1. The fourth-order valence-electron chi connectivity index (χ4n) is 4.87. The Morgan fingerprint density at radius 2 is 1.94 bits per heavy atom. The second-order valence-electron chi connectivity index (χ2n) is 9.90. The van der Waals surface area contributed by atoms with Gasteiger partial charge in [0.1, 0.15) is 0 Å². The van der Waals surface area contributed by atoms with Gasteiger partial charge in [-0.2, -0.15) is 10.4 Å². The molecule has 2 aromatic carbocycles. The summed E-state index contributed by atoms with van der Waals surface area (Å²) in [5.41, 5.74) is 8.39. The first-order valence-electron chi connectivity index (χ1n) is 11.9. The van der Waals surface area contributed by atoms with Gasteiger partial charge < -0.3 is 10.2 Å². The van der Waals surface area contributed by atoms with Crippen LogP contribution in [0, 0.1) is 16.7 Å². The van der Waals surface area contributed by atoms with Gasteiger partial charge in [0.05, 0.1) is 11.8 Å². The Hall–Kier alpha value is -3.92. The second-order valence-corrected chi connectivity index (χ2v) is 9.90. The number of carbonyl (C=O) groups is 2. The number of hydrogen-bond donors (Lipinski definition) is 2. The van der Waals surface area contributed by atoms with Crippen LogP contribution in [-0.2, 0) is 25.9 Å². The van der Waals surface area contributed by atoms with Crippen molar-refractivity contribution in [3.63, 3.8) is 0 Å². The van der Waals surface area contributed by atoms with Crippen molar-refractivity contribution in [2.24, 2.45) is 5.41 Å². The lowest BCUT2D eigenvalue weighted by Gasteiger charge is -2.29. The zero-order valence-corrected chi connectivity index (χ0v) is 20.7. The molecule has 0 atom stereocenters. The molecule has 35 heavy (non-hydrogen) atoms. The maximum absolute atomic E-state index is 13.0. The largest absolute Gasteiger partial charge is 0.355 e. The third-order valence-corrected chi connectivity index (χ3v) is 6.73. The molecule has 3 aromatic rings. The number of aromatic amines is 1. The number of hydrogen-bond acceptors (Lipinski definition) is 4. The Bertz CT molecular complexity index is 1300. The zero-order chi connectivity index (χ0) is 25.2. The Morgan fingerprint density at radius 1 is 1.23 bits per heavy atom. The lowest BCUT2D eigenvalue weighted by Crippen LogP contribution is -2.23. The minimum absolute atomic E-state index is 0.0488. The average Bonchev–Trinajstić information content (AvgIpc) is 3.38. The summed E-state index contributed by atoms with van der Waals surface area (Å²) >= 11 is 0. The van der Waals surface area contributed by atoms with Crippen molar-refractivity contribution in [2.45, 2.75) is 53.1 Å². The molecule has 0 spiro atoms. The van der Waals surface area contributed by atoms with Gasteiger partial charge in [0.2, 0.25) is 0 Å². The number of nitriles is 1. The molecule has 1 aromatic heterocycles. The fourth-order valence-corrected chi connectivity index (χ4v) is 4.87. The summed E-state index contributed by atoms with van der Waals surface area (Å²) in [6.07, 6.45) is 3.20. The number of aromatic nitrogens is 2. The molecule has 2 N–H and O–H groups in total. The molecule has 1 aliphatic carbocycles. The summed E-state index contributed by atoms with van der Waals surface area (Å²) in [6.45, 7) is 7.14. The minimum Gasteiger partial charge on any atom is -0.355 e. The lowest BCUT2D eigenvalue weighted by molar-refractivity contribution is 0.0766. The van der Waals surface area contributed by atoms with Crippen LogP contribution >= 0.6 is 0 Å². The van der Waals surface area contributed by atoms with Crippen molar-refractivity contribution in [2.75, 3.05) is 7.05 Å². The predicted molar refractivity (Wildman–Crippen MR) is 135 cm³/mol. The van der Waals surface area contributed by atoms with Crippen LogP contribution < -0.4 is 5.32 Å². The third-order valence-electron chi connectivity index (χ3n) is 6.73. The summed E-state index contributed by atoms with van der Waals surface area (Å²) in [5.74, 6) is -0.0643. The van der Waals surface area contributed by atoms with Gasteiger partial charge in [-0.15, -0.1) is 0 Å². The number of carbonyl (C=O) groups excluding carboxylic acids is 2. The van der Waals surface area contributed by atoms with Crippen LogP contribution in [-0.4, -0.2) is 34.0 Å². The molecule has 5 rings (SSSR count). The number of amides is 2. The van der Waals surface area contributed by atoms with Crippen molar-refractivity contribution in [3.8, 4) is 17.3 Å². The van der Waals surface area contributed by atoms with Crippen LogP contribution in [0.3, 0.4) is 0 Å². The Labute approximate surface area is 206 Å². The summed E-state index contributed by atoms with van der Waals surface area (Å²) < 4.78 is 0. The van der Waals surface area contributed by atoms with Crippen LogP contribution in [0.4, 0.5) is 0 Å². The smallest absolute Gasteiger partial charge is 0.254 e. The number of rotatable bonds is 4. The molecule has 0 fully saturated rings. The molecule has 0 unspecified atom stereocenters. The monoisotopic (exact) mass is 469 g/mol. The number of fused-ring (bicyclic) bond motifs is 2. The van der Waals surface area contributed by atoms with Gasteiger partial charge in [-0.05, 0) is 60.1 Å². The minimum atomic E-state index is -0.113. The van der Waals surface area contributed by atoms with E-state index >= 15 is 0 Å². The topological polar surface area (TPSA) is 102 Å². The number of nitrogens with zero attached hydrogens (tertiary/aromatic N) is 3.